The molecule has 0 amide bonds. The minimum Gasteiger partial charge on any atom is -0.340 e. The first-order valence-electron chi connectivity index (χ1n) is 8.11. The second-order valence-electron chi connectivity index (χ2n) is 6.21. The van der Waals surface area contributed by atoms with Crippen LogP contribution in [0.2, 0.25) is 0 Å². The Morgan fingerprint density at radius 3 is 3.00 bits per heavy atom. The number of likely N-dealkylation sites (tertiary alicyclic amines) is 1. The molecule has 1 fully saturated rings. The average Bonchev–Trinajstić information content (AvgIpc) is 3.20. The summed E-state index contributed by atoms with van der Waals surface area (Å²) >= 11 is 0. The lowest BCUT2D eigenvalue weighted by atomic mass is 10.2. The Morgan fingerprint density at radius 1 is 1.30 bits per heavy atom. The number of pyridine rings is 1. The molecule has 120 valence electrons. The van der Waals surface area contributed by atoms with Gasteiger partial charge in [-0.05, 0) is 45.4 Å². The van der Waals surface area contributed by atoms with Gasteiger partial charge in [-0.25, -0.2) is 19.6 Å². The quantitative estimate of drug-likeness (QED) is 0.795. The van der Waals surface area contributed by atoms with Crippen LogP contribution in [0.5, 0.6) is 0 Å². The number of fused-ring (bicyclic) bond motifs is 1. The zero-order chi connectivity index (χ0) is 15.8. The molecular weight excluding hydrogens is 290 g/mol. The monoisotopic (exact) mass is 311 g/mol. The number of H-pyrrole nitrogens is 1. The molecule has 3 aromatic heterocycles. The summed E-state index contributed by atoms with van der Waals surface area (Å²) in [5, 5.41) is 4.50. The average molecular weight is 311 g/mol. The number of nitrogens with one attached hydrogen (secondary N) is 1. The Balaban J connectivity index is 1.50. The Morgan fingerprint density at radius 2 is 2.22 bits per heavy atom. The molecule has 1 atom stereocenters. The van der Waals surface area contributed by atoms with Gasteiger partial charge in [-0.2, -0.15) is 5.10 Å². The lowest BCUT2D eigenvalue weighted by molar-refractivity contribution is 0.213. The molecule has 0 spiro atoms. The van der Waals surface area contributed by atoms with E-state index in [2.05, 4.69) is 29.9 Å². The third-order valence-corrected chi connectivity index (χ3v) is 4.50. The van der Waals surface area contributed by atoms with Crippen molar-refractivity contribution in [2.24, 2.45) is 0 Å². The highest BCUT2D eigenvalue weighted by Crippen LogP contribution is 2.21. The number of aromatic amines is 1. The van der Waals surface area contributed by atoms with Crippen LogP contribution in [0.3, 0.4) is 0 Å². The van der Waals surface area contributed by atoms with Crippen molar-refractivity contribution in [2.75, 3.05) is 6.54 Å². The molecule has 23 heavy (non-hydrogen) atoms. The van der Waals surface area contributed by atoms with Crippen LogP contribution >= 0.6 is 0 Å². The van der Waals surface area contributed by atoms with Crippen LogP contribution in [0.25, 0.3) is 11.2 Å². The summed E-state index contributed by atoms with van der Waals surface area (Å²) in [6.07, 6.45) is 4.19. The molecule has 3 aromatic rings. The first kappa shape index (κ1) is 14.3. The highest BCUT2D eigenvalue weighted by molar-refractivity contribution is 5.69. The largest absolute Gasteiger partial charge is 0.340 e. The van der Waals surface area contributed by atoms with E-state index in [9.17, 15) is 0 Å². The van der Waals surface area contributed by atoms with E-state index in [-0.39, 0.29) is 0 Å². The Kier molecular flexibility index (Phi) is 3.57. The third kappa shape index (κ3) is 2.84. The molecule has 0 bridgehead atoms. The van der Waals surface area contributed by atoms with E-state index in [4.69, 9.17) is 0 Å². The van der Waals surface area contributed by atoms with Gasteiger partial charge in [0, 0.05) is 12.2 Å². The maximum atomic E-state index is 4.60. The van der Waals surface area contributed by atoms with Crippen LogP contribution in [0, 0.1) is 13.8 Å². The number of aryl methyl sites for hydroxylation is 2. The number of rotatable bonds is 4. The highest BCUT2D eigenvalue weighted by Gasteiger charge is 2.26. The SMILES string of the molecule is Cc1nc(C)n(CC2CCCN2Cc2nc3ncccc3[nH]2)n1. The summed E-state index contributed by atoms with van der Waals surface area (Å²) in [6.45, 7) is 6.78. The van der Waals surface area contributed by atoms with Gasteiger partial charge in [0.15, 0.2) is 5.65 Å². The summed E-state index contributed by atoms with van der Waals surface area (Å²) in [4.78, 5) is 19.1. The zero-order valence-corrected chi connectivity index (χ0v) is 13.5. The van der Waals surface area contributed by atoms with E-state index < -0.39 is 0 Å². The van der Waals surface area contributed by atoms with E-state index in [1.807, 2.05) is 30.7 Å². The van der Waals surface area contributed by atoms with Crippen molar-refractivity contribution in [2.45, 2.75) is 45.8 Å². The van der Waals surface area contributed by atoms with Crippen LogP contribution in [-0.2, 0) is 13.1 Å². The second-order valence-corrected chi connectivity index (χ2v) is 6.21. The van der Waals surface area contributed by atoms with Crippen molar-refractivity contribution in [3.63, 3.8) is 0 Å². The van der Waals surface area contributed by atoms with Gasteiger partial charge in [0.2, 0.25) is 0 Å². The van der Waals surface area contributed by atoms with Gasteiger partial charge in [-0.3, -0.25) is 4.90 Å². The Labute approximate surface area is 134 Å². The van der Waals surface area contributed by atoms with Gasteiger partial charge in [0.05, 0.1) is 18.6 Å². The standard InChI is InChI=1S/C16H21N7/c1-11-18-12(2)23(21-11)9-13-5-4-8-22(13)10-15-19-14-6-3-7-17-16(14)20-15/h3,6-7,13H,4-5,8-10H2,1-2H3,(H,17,19,20). The maximum absolute atomic E-state index is 4.60. The third-order valence-electron chi connectivity index (χ3n) is 4.50. The van der Waals surface area contributed by atoms with Gasteiger partial charge in [-0.1, -0.05) is 0 Å². The predicted molar refractivity (Wildman–Crippen MR) is 86.8 cm³/mol. The minimum atomic E-state index is 0.482. The van der Waals surface area contributed by atoms with Crippen molar-refractivity contribution >= 4 is 11.2 Å². The Hall–Kier alpha value is -2.28. The topological polar surface area (TPSA) is 75.5 Å². The van der Waals surface area contributed by atoms with Gasteiger partial charge < -0.3 is 4.98 Å². The molecular formula is C16H21N7. The normalized spacial score (nSPS) is 19.0. The van der Waals surface area contributed by atoms with Crippen LogP contribution < -0.4 is 0 Å². The van der Waals surface area contributed by atoms with Gasteiger partial charge >= 0.3 is 0 Å². The Bertz CT molecular complexity index is 786. The molecule has 0 radical (unpaired) electrons. The summed E-state index contributed by atoms with van der Waals surface area (Å²) in [5.74, 6) is 2.81. The predicted octanol–water partition coefficient (Wildman–Crippen LogP) is 1.83. The van der Waals surface area contributed by atoms with Crippen molar-refractivity contribution < 1.29 is 0 Å². The summed E-state index contributed by atoms with van der Waals surface area (Å²) in [7, 11) is 0. The smallest absolute Gasteiger partial charge is 0.177 e. The van der Waals surface area contributed by atoms with Crippen molar-refractivity contribution in [1.82, 2.24) is 34.6 Å². The first-order chi connectivity index (χ1) is 11.2. The van der Waals surface area contributed by atoms with E-state index in [1.54, 1.807) is 6.20 Å². The maximum Gasteiger partial charge on any atom is 0.177 e. The van der Waals surface area contributed by atoms with Gasteiger partial charge in [-0.15, -0.1) is 0 Å². The number of nitrogens with zero attached hydrogens (tertiary/aromatic N) is 6. The number of imidazole rings is 1. The van der Waals surface area contributed by atoms with E-state index in [0.717, 1.165) is 48.3 Å². The first-order valence-corrected chi connectivity index (χ1v) is 8.11. The van der Waals surface area contributed by atoms with Crippen LogP contribution in [-0.4, -0.2) is 47.2 Å². The molecule has 1 saturated heterocycles. The molecule has 0 aromatic carbocycles. The summed E-state index contributed by atoms with van der Waals surface area (Å²) < 4.78 is 2.03. The second kappa shape index (κ2) is 5.73. The van der Waals surface area contributed by atoms with Crippen molar-refractivity contribution in [3.8, 4) is 0 Å². The fraction of sp³-hybridized carbons (Fsp3) is 0.500. The molecule has 7 heteroatoms. The highest BCUT2D eigenvalue weighted by atomic mass is 15.4. The van der Waals surface area contributed by atoms with Crippen molar-refractivity contribution in [3.05, 3.63) is 35.8 Å². The fourth-order valence-corrected chi connectivity index (χ4v) is 3.41. The van der Waals surface area contributed by atoms with E-state index in [1.165, 1.54) is 12.8 Å². The lowest BCUT2D eigenvalue weighted by Gasteiger charge is -2.23. The summed E-state index contributed by atoms with van der Waals surface area (Å²) in [5.41, 5.74) is 1.79. The van der Waals surface area contributed by atoms with Crippen molar-refractivity contribution in [1.29, 1.82) is 0 Å². The van der Waals surface area contributed by atoms with Gasteiger partial charge in [0.1, 0.15) is 17.5 Å². The molecule has 1 aliphatic rings. The molecule has 1 aliphatic heterocycles. The number of aromatic nitrogens is 6. The molecule has 1 unspecified atom stereocenters. The molecule has 1 N–H and O–H groups in total. The number of hydrogen-bond acceptors (Lipinski definition) is 5. The van der Waals surface area contributed by atoms with Crippen LogP contribution in [0.4, 0.5) is 0 Å². The molecule has 7 nitrogen and oxygen atoms in total. The number of hydrogen-bond donors (Lipinski definition) is 1. The molecule has 0 saturated carbocycles. The zero-order valence-electron chi connectivity index (χ0n) is 13.5. The van der Waals surface area contributed by atoms with E-state index >= 15 is 0 Å². The minimum absolute atomic E-state index is 0.482. The van der Waals surface area contributed by atoms with Crippen LogP contribution in [0.15, 0.2) is 18.3 Å². The van der Waals surface area contributed by atoms with Crippen LogP contribution in [0.1, 0.15) is 30.3 Å². The lowest BCUT2D eigenvalue weighted by Crippen LogP contribution is -2.33. The fourth-order valence-electron chi connectivity index (χ4n) is 3.41. The van der Waals surface area contributed by atoms with E-state index in [0.29, 0.717) is 6.04 Å². The molecule has 4 rings (SSSR count). The summed E-state index contributed by atoms with van der Waals surface area (Å²) in [6, 6.07) is 4.43. The molecule has 0 aliphatic carbocycles. The van der Waals surface area contributed by atoms with Gasteiger partial charge in [0.25, 0.3) is 0 Å². The molecule has 4 heterocycles.